The fourth-order valence-corrected chi connectivity index (χ4v) is 1.22. The summed E-state index contributed by atoms with van der Waals surface area (Å²) in [5.41, 5.74) is -0.758. The Bertz CT molecular complexity index is 368. The van der Waals surface area contributed by atoms with Crippen molar-refractivity contribution in [3.8, 4) is 5.75 Å². The average molecular weight is 246 g/mol. The predicted octanol–water partition coefficient (Wildman–Crippen LogP) is 3.80. The minimum atomic E-state index is -4.37. The number of unbranched alkanes of at least 4 members (excludes halogenated alkanes) is 1. The molecule has 1 aromatic carbocycles. The van der Waals surface area contributed by atoms with Gasteiger partial charge < -0.3 is 4.74 Å². The van der Waals surface area contributed by atoms with Gasteiger partial charge in [0, 0.05) is 6.42 Å². The zero-order chi connectivity index (χ0) is 12.9. The monoisotopic (exact) mass is 246 g/mol. The van der Waals surface area contributed by atoms with Crippen LogP contribution in [-0.2, 0) is 11.0 Å². The van der Waals surface area contributed by atoms with Crippen molar-refractivity contribution in [3.05, 3.63) is 29.8 Å². The van der Waals surface area contributed by atoms with Crippen molar-refractivity contribution in [2.24, 2.45) is 0 Å². The Labute approximate surface area is 97.4 Å². The van der Waals surface area contributed by atoms with Gasteiger partial charge in [0.15, 0.2) is 0 Å². The standard InChI is InChI=1S/C12H13F3O2/c1-2-3-4-11(16)17-10-7-5-9(6-8-10)12(13,14)15/h5-8H,2-4H2,1H3. The fraction of sp³-hybridized carbons (Fsp3) is 0.417. The third-order valence-corrected chi connectivity index (χ3v) is 2.15. The van der Waals surface area contributed by atoms with Gasteiger partial charge in [-0.05, 0) is 30.7 Å². The maximum atomic E-state index is 12.2. The van der Waals surface area contributed by atoms with Crippen LogP contribution in [0.4, 0.5) is 13.2 Å². The first kappa shape index (κ1) is 13.5. The van der Waals surface area contributed by atoms with E-state index in [0.29, 0.717) is 6.42 Å². The van der Waals surface area contributed by atoms with Crippen LogP contribution in [0.3, 0.4) is 0 Å². The molecule has 5 heteroatoms. The second kappa shape index (κ2) is 5.70. The molecule has 2 nitrogen and oxygen atoms in total. The van der Waals surface area contributed by atoms with Gasteiger partial charge in [-0.2, -0.15) is 13.2 Å². The molecule has 0 N–H and O–H groups in total. The molecule has 0 saturated carbocycles. The topological polar surface area (TPSA) is 26.3 Å². The minimum absolute atomic E-state index is 0.138. The van der Waals surface area contributed by atoms with Gasteiger partial charge in [-0.3, -0.25) is 4.79 Å². The molecule has 0 heterocycles. The highest BCUT2D eigenvalue weighted by Crippen LogP contribution is 2.30. The predicted molar refractivity (Wildman–Crippen MR) is 56.6 cm³/mol. The van der Waals surface area contributed by atoms with Crippen molar-refractivity contribution in [1.29, 1.82) is 0 Å². The maximum Gasteiger partial charge on any atom is 0.416 e. The van der Waals surface area contributed by atoms with Gasteiger partial charge in [0.2, 0.25) is 0 Å². The second-order valence-corrected chi connectivity index (χ2v) is 3.60. The van der Waals surface area contributed by atoms with Gasteiger partial charge >= 0.3 is 12.1 Å². The summed E-state index contributed by atoms with van der Waals surface area (Å²) in [4.78, 5) is 11.2. The van der Waals surface area contributed by atoms with Crippen LogP contribution in [0.2, 0.25) is 0 Å². The highest BCUT2D eigenvalue weighted by molar-refractivity contribution is 5.72. The summed E-state index contributed by atoms with van der Waals surface area (Å²) in [5, 5.41) is 0. The lowest BCUT2D eigenvalue weighted by atomic mass is 10.2. The van der Waals surface area contributed by atoms with Crippen LogP contribution in [0, 0.1) is 0 Å². The van der Waals surface area contributed by atoms with E-state index in [-0.39, 0.29) is 12.2 Å². The first-order chi connectivity index (χ1) is 7.93. The van der Waals surface area contributed by atoms with E-state index in [1.165, 1.54) is 0 Å². The average Bonchev–Trinajstić information content (AvgIpc) is 2.26. The first-order valence-electron chi connectivity index (χ1n) is 5.31. The molecular formula is C12H13F3O2. The molecule has 1 rings (SSSR count). The maximum absolute atomic E-state index is 12.2. The summed E-state index contributed by atoms with van der Waals surface area (Å²) in [6.45, 7) is 1.94. The van der Waals surface area contributed by atoms with E-state index in [9.17, 15) is 18.0 Å². The molecule has 0 saturated heterocycles. The molecule has 0 radical (unpaired) electrons. The Kier molecular flexibility index (Phi) is 4.54. The molecule has 0 aliphatic rings. The number of hydrogen-bond acceptors (Lipinski definition) is 2. The molecular weight excluding hydrogens is 233 g/mol. The quantitative estimate of drug-likeness (QED) is 0.596. The zero-order valence-corrected chi connectivity index (χ0v) is 9.38. The summed E-state index contributed by atoms with van der Waals surface area (Å²) in [7, 11) is 0. The molecule has 0 amide bonds. The Morgan fingerprint density at radius 2 is 1.82 bits per heavy atom. The summed E-state index contributed by atoms with van der Waals surface area (Å²) >= 11 is 0. The molecule has 0 atom stereocenters. The number of hydrogen-bond donors (Lipinski definition) is 0. The number of ether oxygens (including phenoxy) is 1. The number of esters is 1. The van der Waals surface area contributed by atoms with E-state index in [0.717, 1.165) is 30.7 Å². The second-order valence-electron chi connectivity index (χ2n) is 3.60. The normalized spacial score (nSPS) is 11.3. The minimum Gasteiger partial charge on any atom is -0.427 e. The van der Waals surface area contributed by atoms with Crippen LogP contribution in [0.25, 0.3) is 0 Å². The lowest BCUT2D eigenvalue weighted by molar-refractivity contribution is -0.137. The molecule has 0 aliphatic carbocycles. The van der Waals surface area contributed by atoms with Crippen LogP contribution < -0.4 is 4.74 Å². The first-order valence-corrected chi connectivity index (χ1v) is 5.31. The van der Waals surface area contributed by atoms with E-state index in [2.05, 4.69) is 0 Å². The Balaban J connectivity index is 2.60. The van der Waals surface area contributed by atoms with Crippen molar-refractivity contribution >= 4 is 5.97 Å². The van der Waals surface area contributed by atoms with Crippen molar-refractivity contribution in [1.82, 2.24) is 0 Å². The molecule has 0 unspecified atom stereocenters. The fourth-order valence-electron chi connectivity index (χ4n) is 1.22. The van der Waals surface area contributed by atoms with Gasteiger partial charge in [-0.15, -0.1) is 0 Å². The van der Waals surface area contributed by atoms with E-state index >= 15 is 0 Å². The van der Waals surface area contributed by atoms with E-state index in [1.807, 2.05) is 6.92 Å². The molecule has 0 spiro atoms. The van der Waals surface area contributed by atoms with Crippen molar-refractivity contribution < 1.29 is 22.7 Å². The zero-order valence-electron chi connectivity index (χ0n) is 9.38. The number of rotatable bonds is 4. The summed E-state index contributed by atoms with van der Waals surface area (Å²) in [6.07, 6.45) is -2.52. The van der Waals surface area contributed by atoms with Crippen LogP contribution in [-0.4, -0.2) is 5.97 Å². The number of benzene rings is 1. The van der Waals surface area contributed by atoms with Crippen molar-refractivity contribution in [2.45, 2.75) is 32.4 Å². The van der Waals surface area contributed by atoms with Crippen molar-refractivity contribution in [2.75, 3.05) is 0 Å². The molecule has 1 aromatic rings. The highest BCUT2D eigenvalue weighted by Gasteiger charge is 2.30. The Morgan fingerprint density at radius 3 is 2.29 bits per heavy atom. The van der Waals surface area contributed by atoms with Gasteiger partial charge in [-0.25, -0.2) is 0 Å². The molecule has 0 aromatic heterocycles. The largest absolute Gasteiger partial charge is 0.427 e. The molecule has 0 fully saturated rings. The number of halogens is 3. The van der Waals surface area contributed by atoms with Crippen LogP contribution >= 0.6 is 0 Å². The number of carbonyl (C=O) groups is 1. The van der Waals surface area contributed by atoms with Gasteiger partial charge in [0.05, 0.1) is 5.56 Å². The smallest absolute Gasteiger partial charge is 0.416 e. The third-order valence-electron chi connectivity index (χ3n) is 2.15. The summed E-state index contributed by atoms with van der Waals surface area (Å²) < 4.78 is 41.6. The van der Waals surface area contributed by atoms with E-state index in [4.69, 9.17) is 4.74 Å². The van der Waals surface area contributed by atoms with Crippen LogP contribution in [0.5, 0.6) is 5.75 Å². The van der Waals surface area contributed by atoms with E-state index in [1.54, 1.807) is 0 Å². The van der Waals surface area contributed by atoms with Gasteiger partial charge in [-0.1, -0.05) is 13.3 Å². The molecule has 0 bridgehead atoms. The Morgan fingerprint density at radius 1 is 1.24 bits per heavy atom. The van der Waals surface area contributed by atoms with Crippen molar-refractivity contribution in [3.63, 3.8) is 0 Å². The molecule has 94 valence electrons. The molecule has 17 heavy (non-hydrogen) atoms. The highest BCUT2D eigenvalue weighted by atomic mass is 19.4. The Hall–Kier alpha value is -1.52. The lowest BCUT2D eigenvalue weighted by Crippen LogP contribution is -2.08. The van der Waals surface area contributed by atoms with Crippen LogP contribution in [0.15, 0.2) is 24.3 Å². The summed E-state index contributed by atoms with van der Waals surface area (Å²) in [5.74, 6) is -0.286. The number of carbonyl (C=O) groups excluding carboxylic acids is 1. The van der Waals surface area contributed by atoms with E-state index < -0.39 is 17.7 Å². The SMILES string of the molecule is CCCCC(=O)Oc1ccc(C(F)(F)F)cc1. The van der Waals surface area contributed by atoms with Gasteiger partial charge in [0.25, 0.3) is 0 Å². The summed E-state index contributed by atoms with van der Waals surface area (Å²) in [6, 6.07) is 4.07. The van der Waals surface area contributed by atoms with Gasteiger partial charge in [0.1, 0.15) is 5.75 Å². The van der Waals surface area contributed by atoms with Crippen LogP contribution in [0.1, 0.15) is 31.7 Å². The third kappa shape index (κ3) is 4.46. The lowest BCUT2D eigenvalue weighted by Gasteiger charge is -2.07. The number of alkyl halides is 3. The molecule has 0 aliphatic heterocycles.